The van der Waals surface area contributed by atoms with Gasteiger partial charge in [-0.3, -0.25) is 9.59 Å². The van der Waals surface area contributed by atoms with E-state index in [1.165, 1.54) is 0 Å². The number of fused-ring (bicyclic) bond motifs is 2. The number of carboxylic acids is 1. The molecule has 1 N–H and O–H groups in total. The van der Waals surface area contributed by atoms with Gasteiger partial charge in [0.25, 0.3) is 5.92 Å². The Hall–Kier alpha value is -1.41. The monoisotopic (exact) mass is 287 g/mol. The molecule has 1 amide bonds. The number of rotatable bonds is 1. The van der Waals surface area contributed by atoms with Crippen molar-refractivity contribution >= 4 is 11.9 Å². The first kappa shape index (κ1) is 14.0. The number of aliphatic carboxylic acids is 1. The maximum atomic E-state index is 13.9. The highest BCUT2D eigenvalue weighted by atomic mass is 19.4. The van der Waals surface area contributed by atoms with Crippen LogP contribution in [0.25, 0.3) is 0 Å². The average Bonchev–Trinajstić information content (AvgIpc) is 2.46. The van der Waals surface area contributed by atoms with Crippen LogP contribution in [0.15, 0.2) is 0 Å². The molecule has 19 heavy (non-hydrogen) atoms. The zero-order valence-electron chi connectivity index (χ0n) is 9.51. The maximum absolute atomic E-state index is 13.9. The van der Waals surface area contributed by atoms with Gasteiger partial charge in [0.2, 0.25) is 0 Å². The van der Waals surface area contributed by atoms with Crippen molar-refractivity contribution < 1.29 is 36.6 Å². The van der Waals surface area contributed by atoms with Crippen molar-refractivity contribution in [3.63, 3.8) is 0 Å². The summed E-state index contributed by atoms with van der Waals surface area (Å²) < 4.78 is 64.7. The Morgan fingerprint density at radius 3 is 2.32 bits per heavy atom. The average molecular weight is 287 g/mol. The third kappa shape index (κ3) is 1.78. The fourth-order valence-electron chi connectivity index (χ4n) is 2.86. The van der Waals surface area contributed by atoms with E-state index < -0.39 is 54.8 Å². The van der Waals surface area contributed by atoms with Gasteiger partial charge in [0, 0.05) is 19.0 Å². The fraction of sp³-hybridized carbons (Fsp3) is 0.800. The minimum Gasteiger partial charge on any atom is -0.481 e. The summed E-state index contributed by atoms with van der Waals surface area (Å²) in [5, 5.41) is 8.95. The summed E-state index contributed by atoms with van der Waals surface area (Å²) in [7, 11) is 0. The lowest BCUT2D eigenvalue weighted by molar-refractivity contribution is -0.213. The molecule has 108 valence electrons. The molecule has 1 heterocycles. The van der Waals surface area contributed by atoms with Crippen molar-refractivity contribution in [3.05, 3.63) is 0 Å². The van der Waals surface area contributed by atoms with Gasteiger partial charge in [-0.2, -0.15) is 13.2 Å². The number of nitrogens with zero attached hydrogens (tertiary/aromatic N) is 1. The molecule has 2 unspecified atom stereocenters. The first-order valence-corrected chi connectivity index (χ1v) is 5.50. The zero-order chi connectivity index (χ0) is 14.6. The predicted molar refractivity (Wildman–Crippen MR) is 50.4 cm³/mol. The van der Waals surface area contributed by atoms with Crippen LogP contribution in [0.1, 0.15) is 12.8 Å². The molecular formula is C10H10F5NO3. The Balaban J connectivity index is 2.34. The highest BCUT2D eigenvalue weighted by Crippen LogP contribution is 2.57. The number of piperidine rings is 1. The summed E-state index contributed by atoms with van der Waals surface area (Å²) in [4.78, 5) is 22.3. The second-order valence-corrected chi connectivity index (χ2v) is 4.93. The van der Waals surface area contributed by atoms with Gasteiger partial charge in [-0.15, -0.1) is 0 Å². The third-order valence-electron chi connectivity index (χ3n) is 3.91. The summed E-state index contributed by atoms with van der Waals surface area (Å²) in [5.41, 5.74) is -2.60. The van der Waals surface area contributed by atoms with E-state index in [0.717, 1.165) is 0 Å². The van der Waals surface area contributed by atoms with Crippen LogP contribution in [0.4, 0.5) is 22.0 Å². The molecule has 9 heteroatoms. The van der Waals surface area contributed by atoms with E-state index in [4.69, 9.17) is 5.11 Å². The SMILES string of the molecule is O=C(N1CC2CCC(C(=O)O)(C1)C2(F)F)C(F)(F)F. The number of alkyl halides is 5. The van der Waals surface area contributed by atoms with Crippen LogP contribution in [-0.2, 0) is 9.59 Å². The summed E-state index contributed by atoms with van der Waals surface area (Å²) in [6.45, 7) is -1.87. The number of carbonyl (C=O) groups excluding carboxylic acids is 1. The number of amides is 1. The zero-order valence-corrected chi connectivity index (χ0v) is 9.51. The highest BCUT2D eigenvalue weighted by Gasteiger charge is 2.71. The first-order valence-electron chi connectivity index (χ1n) is 5.50. The molecule has 0 aromatic rings. The van der Waals surface area contributed by atoms with Crippen LogP contribution in [0.3, 0.4) is 0 Å². The molecule has 0 aromatic heterocycles. The number of hydrogen-bond acceptors (Lipinski definition) is 2. The lowest BCUT2D eigenvalue weighted by atomic mass is 9.78. The van der Waals surface area contributed by atoms with Crippen LogP contribution in [0, 0.1) is 11.3 Å². The Morgan fingerprint density at radius 1 is 1.26 bits per heavy atom. The van der Waals surface area contributed by atoms with Crippen molar-refractivity contribution in [3.8, 4) is 0 Å². The highest BCUT2D eigenvalue weighted by molar-refractivity contribution is 5.84. The maximum Gasteiger partial charge on any atom is 0.471 e. The molecule has 1 aliphatic heterocycles. The Bertz CT molecular complexity index is 435. The summed E-state index contributed by atoms with van der Waals surface area (Å²) in [5.74, 6) is -9.26. The van der Waals surface area contributed by atoms with Crippen molar-refractivity contribution in [1.29, 1.82) is 0 Å². The van der Waals surface area contributed by atoms with E-state index in [0.29, 0.717) is 0 Å². The van der Waals surface area contributed by atoms with Gasteiger partial charge in [-0.1, -0.05) is 0 Å². The second-order valence-electron chi connectivity index (χ2n) is 4.93. The first-order chi connectivity index (χ1) is 8.52. The number of likely N-dealkylation sites (tertiary alicyclic amines) is 1. The third-order valence-corrected chi connectivity index (χ3v) is 3.91. The van der Waals surface area contributed by atoms with Crippen molar-refractivity contribution in [1.82, 2.24) is 4.90 Å². The van der Waals surface area contributed by atoms with Gasteiger partial charge in [-0.05, 0) is 12.8 Å². The van der Waals surface area contributed by atoms with Crippen LogP contribution in [0.5, 0.6) is 0 Å². The number of hydrogen-bond donors (Lipinski definition) is 1. The lowest BCUT2D eigenvalue weighted by Gasteiger charge is -2.43. The number of carboxylic acid groups (broad SMARTS) is 1. The van der Waals surface area contributed by atoms with E-state index in [1.54, 1.807) is 0 Å². The minimum atomic E-state index is -5.19. The van der Waals surface area contributed by atoms with Crippen molar-refractivity contribution in [2.45, 2.75) is 24.9 Å². The van der Waals surface area contributed by atoms with Crippen LogP contribution < -0.4 is 0 Å². The standard InChI is InChI=1S/C10H10F5NO3/c11-9(12)5-1-2-8(9,7(18)19)4-16(3-5)6(17)10(13,14)15/h5H,1-4H2,(H,18,19). The predicted octanol–water partition coefficient (Wildman–Crippen LogP) is 1.51. The summed E-state index contributed by atoms with van der Waals surface area (Å²) in [6, 6.07) is 0. The van der Waals surface area contributed by atoms with Gasteiger partial charge in [0.05, 0.1) is 0 Å². The molecule has 0 aromatic carbocycles. The molecule has 0 radical (unpaired) electrons. The van der Waals surface area contributed by atoms with E-state index in [1.807, 2.05) is 0 Å². The van der Waals surface area contributed by atoms with E-state index in [9.17, 15) is 31.5 Å². The largest absolute Gasteiger partial charge is 0.481 e. The van der Waals surface area contributed by atoms with Gasteiger partial charge in [0.1, 0.15) is 5.41 Å². The van der Waals surface area contributed by atoms with Crippen LogP contribution in [0.2, 0.25) is 0 Å². The number of halogens is 5. The van der Waals surface area contributed by atoms with Gasteiger partial charge >= 0.3 is 18.1 Å². The van der Waals surface area contributed by atoms with E-state index >= 15 is 0 Å². The molecule has 2 atom stereocenters. The Labute approximate surface area is 104 Å². The quantitative estimate of drug-likeness (QED) is 0.744. The smallest absolute Gasteiger partial charge is 0.471 e. The molecule has 0 spiro atoms. The topological polar surface area (TPSA) is 57.6 Å². The second kappa shape index (κ2) is 3.80. The van der Waals surface area contributed by atoms with E-state index in [2.05, 4.69) is 0 Å². The summed E-state index contributed by atoms with van der Waals surface area (Å²) >= 11 is 0. The van der Waals surface area contributed by atoms with Crippen LogP contribution >= 0.6 is 0 Å². The minimum absolute atomic E-state index is 0.184. The normalized spacial score (nSPS) is 33.3. The van der Waals surface area contributed by atoms with Crippen molar-refractivity contribution in [2.24, 2.45) is 11.3 Å². The number of carbonyl (C=O) groups is 2. The Morgan fingerprint density at radius 2 is 1.84 bits per heavy atom. The van der Waals surface area contributed by atoms with E-state index in [-0.39, 0.29) is 11.3 Å². The molecule has 2 aliphatic rings. The molecule has 2 fully saturated rings. The van der Waals surface area contributed by atoms with Crippen LogP contribution in [-0.4, -0.2) is 47.1 Å². The molecule has 1 aliphatic carbocycles. The molecule has 2 rings (SSSR count). The summed E-state index contributed by atoms with van der Waals surface area (Å²) in [6.07, 6.45) is -5.83. The van der Waals surface area contributed by atoms with Gasteiger partial charge in [0.15, 0.2) is 0 Å². The molecular weight excluding hydrogens is 277 g/mol. The van der Waals surface area contributed by atoms with Gasteiger partial charge < -0.3 is 10.0 Å². The van der Waals surface area contributed by atoms with Gasteiger partial charge in [-0.25, -0.2) is 8.78 Å². The molecule has 2 bridgehead atoms. The molecule has 4 nitrogen and oxygen atoms in total. The molecule has 1 saturated carbocycles. The fourth-order valence-corrected chi connectivity index (χ4v) is 2.86. The van der Waals surface area contributed by atoms with Crippen molar-refractivity contribution in [2.75, 3.05) is 13.1 Å². The Kier molecular flexibility index (Phi) is 2.80. The lowest BCUT2D eigenvalue weighted by Crippen LogP contribution is -2.62. The molecule has 1 saturated heterocycles.